The molecule has 0 spiro atoms. The van der Waals surface area contributed by atoms with Crippen LogP contribution in [0.5, 0.6) is 0 Å². The van der Waals surface area contributed by atoms with Crippen molar-refractivity contribution >= 4 is 134 Å². The second-order valence-corrected chi connectivity index (χ2v) is 29.2. The molecule has 2 saturated heterocycles. The third kappa shape index (κ3) is 13.1. The van der Waals surface area contributed by atoms with Crippen molar-refractivity contribution in [1.82, 2.24) is 29.1 Å². The van der Waals surface area contributed by atoms with Gasteiger partial charge in [-0.05, 0) is 76.9 Å². The molecule has 5 rings (SSSR count). The van der Waals surface area contributed by atoms with E-state index in [0.717, 1.165) is 17.1 Å². The van der Waals surface area contributed by atoms with Gasteiger partial charge in [0.15, 0.2) is 23.9 Å². The number of aromatic nitrogens is 6. The van der Waals surface area contributed by atoms with Crippen LogP contribution in [0.15, 0.2) is 29.7 Å². The highest BCUT2D eigenvalue weighted by molar-refractivity contribution is 8.21. The van der Waals surface area contributed by atoms with E-state index in [4.69, 9.17) is 90.1 Å². The Bertz CT molecular complexity index is 2420. The van der Waals surface area contributed by atoms with Crippen molar-refractivity contribution in [2.45, 2.75) is 49.1 Å². The van der Waals surface area contributed by atoms with Crippen LogP contribution in [0.4, 0.5) is 11.6 Å². The van der Waals surface area contributed by atoms with Crippen molar-refractivity contribution in [2.75, 3.05) is 24.7 Å². The lowest BCUT2D eigenvalue weighted by Gasteiger charge is -2.28. The van der Waals surface area contributed by atoms with Crippen molar-refractivity contribution in [3.8, 4) is 0 Å². The molecule has 59 heavy (non-hydrogen) atoms. The average molecular weight is 1070 g/mol. The van der Waals surface area contributed by atoms with Crippen molar-refractivity contribution in [1.29, 1.82) is 0 Å². The SMILES string of the molecule is Nc1ccn([C@@H]2O[C@H](COP(O)(=S)OP(O)(=S)OP(O)(=S)OP(O)(=S)OP(O)(=S)OP(O)(=S)OC[C@H]3O[C@@H](n4cnc5c(N)ncnc54)[C@H](O)[C@@H]3O)[C@@H](O)[C@H]2O)c(=O)n1. The molecule has 0 aromatic carbocycles. The molecule has 28 nitrogen and oxygen atoms in total. The quantitative estimate of drug-likeness (QED) is 0.0607. The predicted octanol–water partition coefficient (Wildman–Crippen LogP) is -2.10. The van der Waals surface area contributed by atoms with Gasteiger partial charge < -0.3 is 79.8 Å². The first-order valence-electron chi connectivity index (χ1n) is 15.1. The van der Waals surface area contributed by atoms with Gasteiger partial charge in [-0.2, -0.15) is 4.98 Å². The zero-order valence-corrected chi connectivity index (χ0v) is 38.6. The molecule has 2 fully saturated rings. The molecule has 2 aliphatic rings. The van der Waals surface area contributed by atoms with Crippen LogP contribution in [0, 0.1) is 0 Å². The van der Waals surface area contributed by atoms with Gasteiger partial charge in [-0.1, -0.05) is 0 Å². The van der Waals surface area contributed by atoms with E-state index in [0.29, 0.717) is 0 Å². The summed E-state index contributed by atoms with van der Waals surface area (Å²) in [6, 6.07) is 1.21. The number of rotatable bonds is 18. The van der Waals surface area contributed by atoms with E-state index in [1.165, 1.54) is 17.0 Å². The van der Waals surface area contributed by atoms with E-state index >= 15 is 0 Å². The Hall–Kier alpha value is 0.170. The summed E-state index contributed by atoms with van der Waals surface area (Å²) in [5.41, 5.74) is 10.6. The van der Waals surface area contributed by atoms with E-state index in [2.05, 4.69) is 52.2 Å². The van der Waals surface area contributed by atoms with Gasteiger partial charge in [-0.15, -0.1) is 0 Å². The summed E-state index contributed by atoms with van der Waals surface area (Å²) >= 11 is 28.4. The topological polar surface area (TPSA) is 416 Å². The van der Waals surface area contributed by atoms with Crippen molar-refractivity contribution in [2.24, 2.45) is 0 Å². The molecule has 40 heteroatoms. The first kappa shape index (κ1) is 50.2. The molecule has 0 amide bonds. The van der Waals surface area contributed by atoms with E-state index in [9.17, 15) is 54.6 Å². The molecule has 14 atom stereocenters. The normalized spacial score (nSPS) is 31.1. The summed E-state index contributed by atoms with van der Waals surface area (Å²) in [5.74, 6) is -0.104. The Morgan fingerprint density at radius 1 is 0.644 bits per heavy atom. The third-order valence-electron chi connectivity index (χ3n) is 7.30. The molecule has 5 heterocycles. The van der Waals surface area contributed by atoms with Crippen LogP contribution >= 0.6 is 40.3 Å². The maximum Gasteiger partial charge on any atom is 0.351 e. The summed E-state index contributed by atoms with van der Waals surface area (Å²) in [4.78, 5) is 90.7. The zero-order chi connectivity index (χ0) is 44.1. The molecule has 0 saturated carbocycles. The monoisotopic (exact) mass is 1070 g/mol. The number of nitrogen functional groups attached to an aromatic ring is 2. The molecule has 14 N–H and O–H groups in total. The number of nitrogens with zero attached hydrogens (tertiary/aromatic N) is 6. The van der Waals surface area contributed by atoms with Crippen LogP contribution in [-0.2, 0) is 111 Å². The van der Waals surface area contributed by atoms with E-state index in [-0.39, 0.29) is 22.8 Å². The first-order valence-corrected chi connectivity index (χ1v) is 30.7. The summed E-state index contributed by atoms with van der Waals surface area (Å²) in [7, 11) is 0. The molecule has 2 aliphatic heterocycles. The number of hydrogen-bond acceptors (Lipinski definition) is 26. The maximum absolute atomic E-state index is 12.2. The number of hydrogen-bond donors (Lipinski definition) is 12. The van der Waals surface area contributed by atoms with Crippen LogP contribution in [0.25, 0.3) is 11.2 Å². The highest BCUT2D eigenvalue weighted by Crippen LogP contribution is 2.75. The Morgan fingerprint density at radius 3 is 1.51 bits per heavy atom. The van der Waals surface area contributed by atoms with Gasteiger partial charge in [0, 0.05) is 6.20 Å². The Kier molecular flexibility index (Phi) is 16.1. The minimum absolute atomic E-state index is 0.0282. The van der Waals surface area contributed by atoms with Crippen LogP contribution in [-0.4, -0.2) is 129 Å². The van der Waals surface area contributed by atoms with Crippen LogP contribution in [0.3, 0.4) is 0 Å². The Labute approximate surface area is 360 Å². The van der Waals surface area contributed by atoms with Gasteiger partial charge in [0.1, 0.15) is 54.3 Å². The second kappa shape index (κ2) is 18.9. The number of imidazole rings is 1. The lowest BCUT2D eigenvalue weighted by molar-refractivity contribution is -0.0525. The van der Waals surface area contributed by atoms with Crippen molar-refractivity contribution in [3.63, 3.8) is 0 Å². The van der Waals surface area contributed by atoms with Gasteiger partial charge in [0.25, 0.3) is 0 Å². The van der Waals surface area contributed by atoms with Crippen LogP contribution in [0.1, 0.15) is 12.5 Å². The molecule has 3 aromatic rings. The molecule has 0 bridgehead atoms. The molecule has 0 radical (unpaired) electrons. The molecule has 3 aromatic heterocycles. The number of ether oxygens (including phenoxy) is 2. The summed E-state index contributed by atoms with van der Waals surface area (Å²) in [6.07, 6.45) is -8.90. The van der Waals surface area contributed by atoms with Gasteiger partial charge in [-0.25, -0.2) is 41.3 Å². The molecule has 6 unspecified atom stereocenters. The second-order valence-electron chi connectivity index (χ2n) is 11.5. The molecular weight excluding hydrogens is 1040 g/mol. The average Bonchev–Trinajstić information content (AvgIpc) is 3.70. The molecule has 0 aliphatic carbocycles. The van der Waals surface area contributed by atoms with Crippen molar-refractivity contribution in [3.05, 3.63) is 35.4 Å². The van der Waals surface area contributed by atoms with Crippen LogP contribution < -0.4 is 17.2 Å². The highest BCUT2D eigenvalue weighted by Gasteiger charge is 2.47. The number of aliphatic hydroxyl groups is 4. The minimum Gasteiger partial charge on any atom is -0.387 e. The Morgan fingerprint density at radius 2 is 1.07 bits per heavy atom. The summed E-state index contributed by atoms with van der Waals surface area (Å²) in [6.45, 7) is -31.3. The van der Waals surface area contributed by atoms with Crippen LogP contribution in [0.2, 0.25) is 0 Å². The summed E-state index contributed by atoms with van der Waals surface area (Å²) in [5, 5.41) is 42.0. The number of anilines is 2. The standard InChI is InChI=1S/C19H30N8O20P6S6/c20-9-1-2-26(19(32)25-9)17-13(30)11(28)7(41-17)3-39-48(33,54)43-50(35,56)45-52(37,58)47-53(38,59)46-51(36,57)44-49(34,55)40-4-8-12(29)14(31)18(42-8)27-6-24-10-15(21)22-5-23-16(10)27/h1-2,5-8,11-14,17-18,28-31H,3-4H2,(H,33,54)(H,34,55)(H,35,56)(H,36,57)(H,37,58)(H,38,59)(H2,20,25,32)(H2,21,22,23)/t7-,8-,11-,12-,13-,14-,17-,18-,48?,49?,50?,51?,52?,53?/m1/s1. The van der Waals surface area contributed by atoms with Gasteiger partial charge in [0.05, 0.1) is 19.5 Å². The fraction of sp³-hybridized carbons (Fsp3) is 0.526. The van der Waals surface area contributed by atoms with E-state index in [1.807, 2.05) is 0 Å². The highest BCUT2D eigenvalue weighted by atomic mass is 32.5. The number of nitrogens with two attached hydrogens (primary N) is 2. The zero-order valence-electron chi connectivity index (χ0n) is 28.4. The summed E-state index contributed by atoms with van der Waals surface area (Å²) < 4.78 is 46.8. The van der Waals surface area contributed by atoms with Gasteiger partial charge in [0.2, 0.25) is 0 Å². The third-order valence-corrected chi connectivity index (χ3v) is 23.1. The van der Waals surface area contributed by atoms with Gasteiger partial charge >= 0.3 is 46.0 Å². The Balaban J connectivity index is 1.12. The van der Waals surface area contributed by atoms with Gasteiger partial charge in [-0.3, -0.25) is 9.13 Å². The molecular formula is C19H30N8O20P6S6. The number of fused-ring (bicyclic) bond motifs is 1. The number of aliphatic hydroxyl groups excluding tert-OH is 4. The van der Waals surface area contributed by atoms with E-state index < -0.39 is 108 Å². The first-order chi connectivity index (χ1) is 27.0. The maximum atomic E-state index is 12.2. The fourth-order valence-electron chi connectivity index (χ4n) is 4.96. The minimum atomic E-state index is -5.11. The largest absolute Gasteiger partial charge is 0.387 e. The lowest BCUT2D eigenvalue weighted by atomic mass is 10.1. The fourth-order valence-corrected chi connectivity index (χ4v) is 23.2. The lowest BCUT2D eigenvalue weighted by Crippen LogP contribution is -2.36. The molecule has 332 valence electrons. The predicted molar refractivity (Wildman–Crippen MR) is 221 cm³/mol. The van der Waals surface area contributed by atoms with E-state index in [1.54, 1.807) is 0 Å². The smallest absolute Gasteiger partial charge is 0.351 e. The van der Waals surface area contributed by atoms with Crippen molar-refractivity contribution < 1.29 is 89.9 Å².